The summed E-state index contributed by atoms with van der Waals surface area (Å²) < 4.78 is 5.16. The van der Waals surface area contributed by atoms with Crippen molar-refractivity contribution in [3.63, 3.8) is 0 Å². The van der Waals surface area contributed by atoms with Gasteiger partial charge in [0.25, 0.3) is 0 Å². The van der Waals surface area contributed by atoms with Crippen molar-refractivity contribution >= 4 is 17.5 Å². The fourth-order valence-corrected chi connectivity index (χ4v) is 2.32. The predicted octanol–water partition coefficient (Wildman–Crippen LogP) is 1.04. The van der Waals surface area contributed by atoms with Gasteiger partial charge in [-0.05, 0) is 18.1 Å². The molecule has 108 valence electrons. The number of rotatable bonds is 5. The van der Waals surface area contributed by atoms with Crippen molar-refractivity contribution in [2.75, 3.05) is 5.32 Å². The number of anilines is 1. The van der Waals surface area contributed by atoms with Gasteiger partial charge >= 0.3 is 0 Å². The van der Waals surface area contributed by atoms with Crippen molar-refractivity contribution in [1.82, 2.24) is 10.1 Å². The maximum Gasteiger partial charge on any atom is 0.228 e. The lowest BCUT2D eigenvalue weighted by atomic mass is 10.1. The molecule has 1 aromatic carbocycles. The summed E-state index contributed by atoms with van der Waals surface area (Å²) in [4.78, 5) is 26.5. The number of hydrogen-bond donors (Lipinski definition) is 2. The summed E-state index contributed by atoms with van der Waals surface area (Å²) in [5.74, 6) is 0.497. The number of benzene rings is 1. The minimum absolute atomic E-state index is 0.0392. The van der Waals surface area contributed by atoms with Gasteiger partial charge in [-0.15, -0.1) is 0 Å². The number of aromatic nitrogens is 2. The van der Waals surface area contributed by atoms with Crippen LogP contribution >= 0.6 is 0 Å². The molecule has 0 saturated carbocycles. The third-order valence-corrected chi connectivity index (χ3v) is 3.29. The van der Waals surface area contributed by atoms with Crippen LogP contribution in [0.5, 0.6) is 0 Å². The largest absolute Gasteiger partial charge is 0.370 e. The first-order valence-corrected chi connectivity index (χ1v) is 6.66. The second kappa shape index (κ2) is 5.35. The Kier molecular flexibility index (Phi) is 3.39. The molecule has 3 N–H and O–H groups in total. The lowest BCUT2D eigenvalue weighted by Crippen LogP contribution is -2.10. The smallest absolute Gasteiger partial charge is 0.228 e. The van der Waals surface area contributed by atoms with Crippen LogP contribution in [0.25, 0.3) is 11.4 Å². The van der Waals surface area contributed by atoms with E-state index in [9.17, 15) is 9.59 Å². The molecule has 0 spiro atoms. The molecule has 2 aromatic rings. The minimum atomic E-state index is -0.349. The number of nitrogens with two attached hydrogens (primary N) is 1. The van der Waals surface area contributed by atoms with E-state index in [-0.39, 0.29) is 18.2 Å². The minimum Gasteiger partial charge on any atom is -0.370 e. The highest BCUT2D eigenvalue weighted by Crippen LogP contribution is 2.33. The lowest BCUT2D eigenvalue weighted by Gasteiger charge is -2.03. The highest BCUT2D eigenvalue weighted by atomic mass is 16.5. The molecule has 0 radical (unpaired) electrons. The van der Waals surface area contributed by atoms with Gasteiger partial charge in [-0.2, -0.15) is 4.98 Å². The van der Waals surface area contributed by atoms with Gasteiger partial charge in [0.05, 0.1) is 12.1 Å². The molecule has 1 aliphatic heterocycles. The predicted molar refractivity (Wildman–Crippen MR) is 74.2 cm³/mol. The summed E-state index contributed by atoms with van der Waals surface area (Å²) in [5.41, 5.74) is 7.49. The van der Waals surface area contributed by atoms with Crippen molar-refractivity contribution < 1.29 is 14.1 Å². The second-order valence-electron chi connectivity index (χ2n) is 4.90. The Hall–Kier alpha value is -2.70. The summed E-state index contributed by atoms with van der Waals surface area (Å²) >= 11 is 0. The third-order valence-electron chi connectivity index (χ3n) is 3.29. The number of aryl methyl sites for hydroxylation is 1. The maximum atomic E-state index is 11.5. The number of carbonyl (C=O) groups is 2. The average Bonchev–Trinajstić information content (AvgIpc) is 3.03. The Balaban J connectivity index is 1.80. The molecule has 7 nitrogen and oxygen atoms in total. The zero-order valence-corrected chi connectivity index (χ0v) is 11.3. The molecule has 0 bridgehead atoms. The first-order valence-electron chi connectivity index (χ1n) is 6.66. The summed E-state index contributed by atoms with van der Waals surface area (Å²) in [5, 5.41) is 6.74. The van der Waals surface area contributed by atoms with Crippen molar-refractivity contribution in [1.29, 1.82) is 0 Å². The van der Waals surface area contributed by atoms with Crippen molar-refractivity contribution in [2.45, 2.75) is 25.7 Å². The number of amides is 2. The Labute approximate surface area is 120 Å². The van der Waals surface area contributed by atoms with Gasteiger partial charge < -0.3 is 15.6 Å². The van der Waals surface area contributed by atoms with Gasteiger partial charge in [0.15, 0.2) is 0 Å². The highest BCUT2D eigenvalue weighted by Gasteiger charge is 2.23. The quantitative estimate of drug-likeness (QED) is 0.853. The van der Waals surface area contributed by atoms with Crippen LogP contribution in [-0.2, 0) is 22.4 Å². The molecular formula is C14H14N4O3. The van der Waals surface area contributed by atoms with Gasteiger partial charge in [-0.1, -0.05) is 17.3 Å². The molecule has 1 aromatic heterocycles. The lowest BCUT2D eigenvalue weighted by molar-refractivity contribution is -0.118. The van der Waals surface area contributed by atoms with Crippen molar-refractivity contribution in [2.24, 2.45) is 5.73 Å². The van der Waals surface area contributed by atoms with Crippen LogP contribution in [0.1, 0.15) is 24.3 Å². The van der Waals surface area contributed by atoms with E-state index in [1.54, 1.807) is 0 Å². The Morgan fingerprint density at radius 3 is 3.10 bits per heavy atom. The number of primary amides is 1. The number of carbonyl (C=O) groups excluding carboxylic acids is 2. The molecule has 0 atom stereocenters. The summed E-state index contributed by atoms with van der Waals surface area (Å²) in [6, 6.07) is 5.59. The number of nitrogens with zero attached hydrogens (tertiary/aromatic N) is 2. The fourth-order valence-electron chi connectivity index (χ4n) is 2.32. The van der Waals surface area contributed by atoms with E-state index in [0.29, 0.717) is 31.0 Å². The number of para-hydroxylation sites is 1. The topological polar surface area (TPSA) is 111 Å². The third kappa shape index (κ3) is 2.76. The molecule has 0 fully saturated rings. The average molecular weight is 286 g/mol. The van der Waals surface area contributed by atoms with Crippen LogP contribution in [0.4, 0.5) is 5.69 Å². The van der Waals surface area contributed by atoms with Crippen LogP contribution in [0.2, 0.25) is 0 Å². The molecule has 7 heteroatoms. The summed E-state index contributed by atoms with van der Waals surface area (Å²) in [6.45, 7) is 0. The monoisotopic (exact) mass is 286 g/mol. The molecule has 21 heavy (non-hydrogen) atoms. The van der Waals surface area contributed by atoms with E-state index in [0.717, 1.165) is 16.8 Å². The summed E-state index contributed by atoms with van der Waals surface area (Å²) in [7, 11) is 0. The van der Waals surface area contributed by atoms with Crippen molar-refractivity contribution in [3.8, 4) is 11.4 Å². The zero-order chi connectivity index (χ0) is 14.8. The van der Waals surface area contributed by atoms with Crippen LogP contribution in [0.3, 0.4) is 0 Å². The standard InChI is InChI=1S/C14H14N4O3/c15-10(19)5-2-6-12-17-14(18-21-12)9-4-1-3-8-7-11(20)16-13(8)9/h1,3-4H,2,5-7H2,(H2,15,19)(H,16,20). The second-order valence-corrected chi connectivity index (χ2v) is 4.90. The van der Waals surface area contributed by atoms with E-state index >= 15 is 0 Å². The highest BCUT2D eigenvalue weighted by molar-refractivity contribution is 6.03. The Morgan fingerprint density at radius 1 is 1.43 bits per heavy atom. The van der Waals surface area contributed by atoms with Gasteiger partial charge in [-0.3, -0.25) is 9.59 Å². The first-order chi connectivity index (χ1) is 10.1. The van der Waals surface area contributed by atoms with E-state index in [1.807, 2.05) is 18.2 Å². The summed E-state index contributed by atoms with van der Waals surface area (Å²) in [6.07, 6.45) is 1.72. The van der Waals surface area contributed by atoms with E-state index in [4.69, 9.17) is 10.3 Å². The zero-order valence-electron chi connectivity index (χ0n) is 11.3. The number of fused-ring (bicyclic) bond motifs is 1. The SMILES string of the molecule is NC(=O)CCCc1nc(-c2cccc3c2NC(=O)C3)no1. The fraction of sp³-hybridized carbons (Fsp3) is 0.286. The molecule has 0 unspecified atom stereocenters. The van der Waals surface area contributed by atoms with E-state index < -0.39 is 0 Å². The number of nitrogens with one attached hydrogen (secondary N) is 1. The molecule has 3 rings (SSSR count). The van der Waals surface area contributed by atoms with Gasteiger partial charge in [0.1, 0.15) is 0 Å². The molecule has 2 amide bonds. The van der Waals surface area contributed by atoms with E-state index in [1.165, 1.54) is 0 Å². The molecular weight excluding hydrogens is 272 g/mol. The van der Waals surface area contributed by atoms with Crippen LogP contribution in [-0.4, -0.2) is 22.0 Å². The maximum absolute atomic E-state index is 11.5. The first kappa shape index (κ1) is 13.3. The number of hydrogen-bond acceptors (Lipinski definition) is 5. The van der Waals surface area contributed by atoms with Crippen LogP contribution in [0, 0.1) is 0 Å². The molecule has 1 aliphatic rings. The molecule has 0 aliphatic carbocycles. The molecule has 0 saturated heterocycles. The Morgan fingerprint density at radius 2 is 2.29 bits per heavy atom. The van der Waals surface area contributed by atoms with Gasteiger partial charge in [0, 0.05) is 18.4 Å². The normalized spacial score (nSPS) is 13.0. The molecule has 2 heterocycles. The van der Waals surface area contributed by atoms with Crippen LogP contribution < -0.4 is 11.1 Å². The van der Waals surface area contributed by atoms with Gasteiger partial charge in [-0.25, -0.2) is 0 Å². The van der Waals surface area contributed by atoms with E-state index in [2.05, 4.69) is 15.5 Å². The van der Waals surface area contributed by atoms with Crippen LogP contribution in [0.15, 0.2) is 22.7 Å². The Bertz CT molecular complexity index is 708. The van der Waals surface area contributed by atoms with Gasteiger partial charge in [0.2, 0.25) is 23.5 Å². The van der Waals surface area contributed by atoms with Crippen molar-refractivity contribution in [3.05, 3.63) is 29.7 Å².